The van der Waals surface area contributed by atoms with Gasteiger partial charge in [0, 0.05) is 29.4 Å². The SMILES string of the molecule is COc1cc(F)c(C(Nc2ccc3c(c2)CNC3=N)c2nn(-c3ccccc3N)c(=O)[nH]2)cc1OC.O=C(O)C(F)(F)F. The van der Waals surface area contributed by atoms with Crippen LogP contribution >= 0.6 is 0 Å². The molecule has 3 aromatic carbocycles. The summed E-state index contributed by atoms with van der Waals surface area (Å²) in [5.74, 6) is -2.27. The third-order valence-electron chi connectivity index (χ3n) is 6.27. The third-order valence-corrected chi connectivity index (χ3v) is 6.27. The molecule has 1 unspecified atom stereocenters. The van der Waals surface area contributed by atoms with Crippen molar-refractivity contribution in [3.63, 3.8) is 0 Å². The molecule has 4 aromatic rings. The molecule has 0 saturated carbocycles. The smallest absolute Gasteiger partial charge is 0.490 e. The number of aromatic nitrogens is 3. The van der Waals surface area contributed by atoms with Gasteiger partial charge >= 0.3 is 17.8 Å². The number of nitrogens with zero attached hydrogens (tertiary/aromatic N) is 2. The number of alkyl halides is 3. The summed E-state index contributed by atoms with van der Waals surface area (Å²) in [4.78, 5) is 24.5. The van der Waals surface area contributed by atoms with Crippen LogP contribution in [-0.4, -0.2) is 52.1 Å². The lowest BCUT2D eigenvalue weighted by Gasteiger charge is -2.21. The van der Waals surface area contributed by atoms with E-state index >= 15 is 4.39 Å². The number of anilines is 2. The second-order valence-corrected chi connectivity index (χ2v) is 9.00. The van der Waals surface area contributed by atoms with Gasteiger partial charge in [-0.1, -0.05) is 12.1 Å². The molecule has 0 fully saturated rings. The Bertz CT molecular complexity index is 1740. The van der Waals surface area contributed by atoms with Gasteiger partial charge in [0.05, 0.1) is 25.6 Å². The molecular formula is C27H25F4N7O5. The molecule has 2 heterocycles. The lowest BCUT2D eigenvalue weighted by Crippen LogP contribution is -2.21. The molecule has 5 rings (SSSR count). The Morgan fingerprint density at radius 2 is 1.79 bits per heavy atom. The first-order chi connectivity index (χ1) is 20.3. The van der Waals surface area contributed by atoms with Crippen molar-refractivity contribution >= 4 is 23.2 Å². The van der Waals surface area contributed by atoms with Gasteiger partial charge < -0.3 is 30.9 Å². The van der Waals surface area contributed by atoms with E-state index < -0.39 is 29.7 Å². The van der Waals surface area contributed by atoms with Crippen LogP contribution in [0.3, 0.4) is 0 Å². The Balaban J connectivity index is 0.000000541. The largest absolute Gasteiger partial charge is 0.493 e. The normalized spacial score (nSPS) is 12.8. The number of nitrogens with two attached hydrogens (primary N) is 1. The maximum absolute atomic E-state index is 15.4. The van der Waals surface area contributed by atoms with E-state index in [0.29, 0.717) is 35.2 Å². The molecule has 7 N–H and O–H groups in total. The number of ether oxygens (including phenoxy) is 2. The molecule has 0 saturated heterocycles. The highest BCUT2D eigenvalue weighted by atomic mass is 19.4. The van der Waals surface area contributed by atoms with E-state index in [0.717, 1.165) is 15.8 Å². The third kappa shape index (κ3) is 6.52. The summed E-state index contributed by atoms with van der Waals surface area (Å²) in [6.45, 7) is 0.512. The number of nitrogen functional groups attached to an aromatic ring is 1. The van der Waals surface area contributed by atoms with E-state index in [9.17, 15) is 18.0 Å². The monoisotopic (exact) mass is 603 g/mol. The molecule has 0 spiro atoms. The second-order valence-electron chi connectivity index (χ2n) is 9.00. The Morgan fingerprint density at radius 3 is 2.42 bits per heavy atom. The number of nitrogens with one attached hydrogen (secondary N) is 4. The molecule has 0 radical (unpaired) electrons. The van der Waals surface area contributed by atoms with Crippen LogP contribution in [-0.2, 0) is 11.3 Å². The van der Waals surface area contributed by atoms with Gasteiger partial charge in [-0.3, -0.25) is 10.4 Å². The quantitative estimate of drug-likeness (QED) is 0.136. The topological polar surface area (TPSA) is 180 Å². The zero-order valence-corrected chi connectivity index (χ0v) is 22.5. The number of amidine groups is 1. The fourth-order valence-corrected chi connectivity index (χ4v) is 4.22. The number of hydrogen-bond acceptors (Lipinski definition) is 8. The van der Waals surface area contributed by atoms with Gasteiger partial charge in [-0.15, -0.1) is 5.10 Å². The lowest BCUT2D eigenvalue weighted by atomic mass is 10.0. The van der Waals surface area contributed by atoms with E-state index in [1.807, 2.05) is 12.1 Å². The number of carbonyl (C=O) groups is 1. The number of aromatic amines is 1. The first kappa shape index (κ1) is 30.4. The van der Waals surface area contributed by atoms with Crippen molar-refractivity contribution in [2.75, 3.05) is 25.3 Å². The van der Waals surface area contributed by atoms with Crippen molar-refractivity contribution in [2.45, 2.75) is 18.8 Å². The van der Waals surface area contributed by atoms with Crippen LogP contribution in [0, 0.1) is 11.2 Å². The summed E-state index contributed by atoms with van der Waals surface area (Å²) >= 11 is 0. The van der Waals surface area contributed by atoms with Gasteiger partial charge in [-0.05, 0) is 42.0 Å². The molecule has 12 nitrogen and oxygen atoms in total. The van der Waals surface area contributed by atoms with E-state index in [-0.39, 0.29) is 17.1 Å². The van der Waals surface area contributed by atoms with E-state index in [2.05, 4.69) is 20.7 Å². The van der Waals surface area contributed by atoms with Crippen molar-refractivity contribution in [3.8, 4) is 17.2 Å². The zero-order valence-electron chi connectivity index (χ0n) is 22.5. The number of para-hydroxylation sites is 2. The Kier molecular flexibility index (Phi) is 8.59. The number of carboxylic acids is 1. The predicted octanol–water partition coefficient (Wildman–Crippen LogP) is 3.56. The first-order valence-corrected chi connectivity index (χ1v) is 12.3. The maximum Gasteiger partial charge on any atom is 0.490 e. The van der Waals surface area contributed by atoms with Crippen molar-refractivity contribution in [3.05, 3.63) is 93.4 Å². The number of aliphatic carboxylic acids is 1. The summed E-state index contributed by atoms with van der Waals surface area (Å²) in [5.41, 5.74) is 8.86. The highest BCUT2D eigenvalue weighted by molar-refractivity contribution is 6.00. The minimum Gasteiger partial charge on any atom is -0.493 e. The Hall–Kier alpha value is -5.54. The average molecular weight is 604 g/mol. The zero-order chi connectivity index (χ0) is 31.5. The molecule has 0 aliphatic carbocycles. The predicted molar refractivity (Wildman–Crippen MR) is 147 cm³/mol. The summed E-state index contributed by atoms with van der Waals surface area (Å²) in [6, 6.07) is 14.1. The van der Waals surface area contributed by atoms with E-state index in [1.165, 1.54) is 26.4 Å². The summed E-state index contributed by atoms with van der Waals surface area (Å²) in [6.07, 6.45) is -5.08. The maximum atomic E-state index is 15.4. The number of benzene rings is 3. The number of methoxy groups -OCH3 is 2. The van der Waals surface area contributed by atoms with Crippen LogP contribution < -0.4 is 31.5 Å². The molecular weight excluding hydrogens is 578 g/mol. The van der Waals surface area contributed by atoms with Gasteiger partial charge in [0.1, 0.15) is 17.7 Å². The number of hydrogen-bond donors (Lipinski definition) is 6. The molecule has 1 aliphatic heterocycles. The summed E-state index contributed by atoms with van der Waals surface area (Å²) < 4.78 is 58.9. The molecule has 226 valence electrons. The molecule has 43 heavy (non-hydrogen) atoms. The van der Waals surface area contributed by atoms with Crippen LogP contribution in [0.4, 0.5) is 28.9 Å². The van der Waals surface area contributed by atoms with E-state index in [1.54, 1.807) is 30.3 Å². The van der Waals surface area contributed by atoms with Crippen LogP contribution in [0.5, 0.6) is 11.5 Å². The number of halogens is 4. The fraction of sp³-hybridized carbons (Fsp3) is 0.185. The molecule has 16 heteroatoms. The van der Waals surface area contributed by atoms with Crippen LogP contribution in [0.1, 0.15) is 28.6 Å². The van der Waals surface area contributed by atoms with Crippen molar-refractivity contribution in [2.24, 2.45) is 0 Å². The van der Waals surface area contributed by atoms with Crippen LogP contribution in [0.2, 0.25) is 0 Å². The number of rotatable bonds is 7. The minimum absolute atomic E-state index is 0.167. The summed E-state index contributed by atoms with van der Waals surface area (Å²) in [7, 11) is 2.88. The molecule has 0 amide bonds. The van der Waals surface area contributed by atoms with Gasteiger partial charge in [-0.25, -0.2) is 14.0 Å². The van der Waals surface area contributed by atoms with Crippen molar-refractivity contribution in [1.29, 1.82) is 5.41 Å². The number of carboxylic acid groups (broad SMARTS) is 1. The van der Waals surface area contributed by atoms with Crippen molar-refractivity contribution in [1.82, 2.24) is 20.1 Å². The first-order valence-electron chi connectivity index (χ1n) is 12.3. The number of fused-ring (bicyclic) bond motifs is 1. The molecule has 1 aromatic heterocycles. The molecule has 1 aliphatic rings. The average Bonchev–Trinajstić information content (AvgIpc) is 3.53. The van der Waals surface area contributed by atoms with Crippen LogP contribution in [0.25, 0.3) is 5.69 Å². The van der Waals surface area contributed by atoms with Gasteiger partial charge in [0.15, 0.2) is 17.3 Å². The lowest BCUT2D eigenvalue weighted by molar-refractivity contribution is -0.192. The van der Waals surface area contributed by atoms with Gasteiger partial charge in [-0.2, -0.15) is 17.9 Å². The van der Waals surface area contributed by atoms with Crippen LogP contribution in [0.15, 0.2) is 59.4 Å². The molecule has 0 bridgehead atoms. The van der Waals surface area contributed by atoms with Crippen molar-refractivity contribution < 1.29 is 36.9 Å². The highest BCUT2D eigenvalue weighted by Gasteiger charge is 2.38. The second kappa shape index (κ2) is 12.1. The minimum atomic E-state index is -5.08. The van der Waals surface area contributed by atoms with E-state index in [4.69, 9.17) is 30.5 Å². The molecule has 1 atom stereocenters. The Morgan fingerprint density at radius 1 is 1.14 bits per heavy atom. The highest BCUT2D eigenvalue weighted by Crippen LogP contribution is 2.36. The Labute approximate surface area is 240 Å². The standard InChI is InChI=1S/C25H24FN7O3.C2HF3O2/c1-35-20-10-16(17(26)11-21(20)36-2)22(30-14-7-8-15-13(9-14)12-29-23(15)28)24-31-25(34)33(32-24)19-6-4-3-5-18(19)27;3-2(4,5)1(6)7/h3-11,22,30H,12,27H2,1-2H3,(H2,28,29)(H,31,32,34);(H,6,7). The van der Waals surface area contributed by atoms with Gasteiger partial charge in [0.2, 0.25) is 0 Å². The van der Waals surface area contributed by atoms with Gasteiger partial charge in [0.25, 0.3) is 0 Å². The fourth-order valence-electron chi connectivity index (χ4n) is 4.22. The summed E-state index contributed by atoms with van der Waals surface area (Å²) in [5, 5.41) is 25.8. The number of H-pyrrole nitrogens is 1.